The molecule has 0 aliphatic carbocycles. The first-order valence-corrected chi connectivity index (χ1v) is 6.54. The molecule has 1 aromatic carbocycles. The average Bonchev–Trinajstić information content (AvgIpc) is 2.80. The van der Waals surface area contributed by atoms with Crippen LogP contribution in [0.3, 0.4) is 0 Å². The van der Waals surface area contributed by atoms with E-state index in [1.165, 1.54) is 0 Å². The zero-order chi connectivity index (χ0) is 13.1. The van der Waals surface area contributed by atoms with Crippen molar-refractivity contribution >= 4 is 11.6 Å². The van der Waals surface area contributed by atoms with Crippen molar-refractivity contribution in [2.45, 2.75) is 32.9 Å². The van der Waals surface area contributed by atoms with E-state index in [0.717, 1.165) is 34.8 Å². The minimum Gasteiger partial charge on any atom is -0.326 e. The fourth-order valence-electron chi connectivity index (χ4n) is 1.86. The first-order chi connectivity index (χ1) is 8.61. The van der Waals surface area contributed by atoms with E-state index in [4.69, 9.17) is 17.3 Å². The maximum absolute atomic E-state index is 6.12. The van der Waals surface area contributed by atoms with Crippen molar-refractivity contribution in [2.24, 2.45) is 5.73 Å². The molecule has 3 nitrogen and oxygen atoms in total. The zero-order valence-corrected chi connectivity index (χ0v) is 11.5. The Kier molecular flexibility index (Phi) is 4.04. The summed E-state index contributed by atoms with van der Waals surface area (Å²) in [6.45, 7) is 4.83. The number of nitrogens with zero attached hydrogens (tertiary/aromatic N) is 2. The van der Waals surface area contributed by atoms with Gasteiger partial charge >= 0.3 is 0 Å². The van der Waals surface area contributed by atoms with E-state index < -0.39 is 0 Å². The summed E-state index contributed by atoms with van der Waals surface area (Å²) in [5, 5.41) is 5.32. The molecule has 0 amide bonds. The first-order valence-electron chi connectivity index (χ1n) is 6.16. The summed E-state index contributed by atoms with van der Waals surface area (Å²) in [4.78, 5) is 0. The van der Waals surface area contributed by atoms with Crippen LogP contribution in [-0.2, 0) is 6.54 Å². The first kappa shape index (κ1) is 13.1. The Bertz CT molecular complexity index is 534. The molecule has 96 valence electrons. The molecule has 0 aliphatic rings. The second-order valence-electron chi connectivity index (χ2n) is 4.50. The van der Waals surface area contributed by atoms with Crippen LogP contribution < -0.4 is 5.73 Å². The standard InChI is InChI=1S/C14H18ClN3/c1-3-11(16)9-18-8-7-14(17-18)12-5-4-6-13(15)10(12)2/h4-8,11H,3,9,16H2,1-2H3. The van der Waals surface area contributed by atoms with Crippen LogP contribution in [0.5, 0.6) is 0 Å². The van der Waals surface area contributed by atoms with Crippen LogP contribution in [-0.4, -0.2) is 15.8 Å². The van der Waals surface area contributed by atoms with Crippen LogP contribution in [0.1, 0.15) is 18.9 Å². The molecule has 18 heavy (non-hydrogen) atoms. The molecular formula is C14H18ClN3. The summed E-state index contributed by atoms with van der Waals surface area (Å²) in [5.41, 5.74) is 9.00. The van der Waals surface area contributed by atoms with Gasteiger partial charge in [-0.3, -0.25) is 4.68 Å². The maximum atomic E-state index is 6.12. The van der Waals surface area contributed by atoms with Crippen LogP contribution in [0, 0.1) is 6.92 Å². The lowest BCUT2D eigenvalue weighted by atomic mass is 10.1. The van der Waals surface area contributed by atoms with Crippen molar-refractivity contribution < 1.29 is 0 Å². The third-order valence-corrected chi connectivity index (χ3v) is 3.54. The molecule has 4 heteroatoms. The molecule has 1 heterocycles. The van der Waals surface area contributed by atoms with Gasteiger partial charge in [0.2, 0.25) is 0 Å². The minimum atomic E-state index is 0.151. The Morgan fingerprint density at radius 1 is 1.39 bits per heavy atom. The normalized spacial score (nSPS) is 12.7. The van der Waals surface area contributed by atoms with Gasteiger partial charge in [0.1, 0.15) is 0 Å². The lowest BCUT2D eigenvalue weighted by Crippen LogP contribution is -2.25. The molecule has 0 spiro atoms. The lowest BCUT2D eigenvalue weighted by Gasteiger charge is -2.08. The topological polar surface area (TPSA) is 43.8 Å². The van der Waals surface area contributed by atoms with Gasteiger partial charge in [-0.2, -0.15) is 5.10 Å². The molecular weight excluding hydrogens is 246 g/mol. The summed E-state index contributed by atoms with van der Waals surface area (Å²) in [6, 6.07) is 8.03. The van der Waals surface area contributed by atoms with Crippen LogP contribution >= 0.6 is 11.6 Å². The lowest BCUT2D eigenvalue weighted by molar-refractivity contribution is 0.501. The van der Waals surface area contributed by atoms with Gasteiger partial charge in [0.15, 0.2) is 0 Å². The summed E-state index contributed by atoms with van der Waals surface area (Å²) in [5.74, 6) is 0. The summed E-state index contributed by atoms with van der Waals surface area (Å²) in [6.07, 6.45) is 2.91. The maximum Gasteiger partial charge on any atom is 0.0926 e. The highest BCUT2D eigenvalue weighted by Gasteiger charge is 2.08. The summed E-state index contributed by atoms with van der Waals surface area (Å²) in [7, 11) is 0. The highest BCUT2D eigenvalue weighted by atomic mass is 35.5. The van der Waals surface area contributed by atoms with Gasteiger partial charge in [0, 0.05) is 22.8 Å². The molecule has 2 rings (SSSR count). The van der Waals surface area contributed by atoms with Crippen molar-refractivity contribution in [2.75, 3.05) is 0 Å². The smallest absolute Gasteiger partial charge is 0.0926 e. The number of rotatable bonds is 4. The number of halogens is 1. The van der Waals surface area contributed by atoms with Crippen molar-refractivity contribution in [1.29, 1.82) is 0 Å². The molecule has 0 saturated heterocycles. The molecule has 0 radical (unpaired) electrons. The highest BCUT2D eigenvalue weighted by molar-refractivity contribution is 6.31. The Labute approximate surface area is 113 Å². The SMILES string of the molecule is CCC(N)Cn1ccc(-c2cccc(Cl)c2C)n1. The second-order valence-corrected chi connectivity index (χ2v) is 4.91. The van der Waals surface area contributed by atoms with Gasteiger partial charge in [-0.05, 0) is 31.0 Å². The molecule has 0 saturated carbocycles. The molecule has 0 fully saturated rings. The number of hydrogen-bond donors (Lipinski definition) is 1. The van der Waals surface area contributed by atoms with Gasteiger partial charge in [-0.1, -0.05) is 30.7 Å². The Morgan fingerprint density at radius 3 is 2.89 bits per heavy atom. The Balaban J connectivity index is 2.27. The van der Waals surface area contributed by atoms with Crippen LogP contribution in [0.4, 0.5) is 0 Å². The largest absolute Gasteiger partial charge is 0.326 e. The molecule has 1 unspecified atom stereocenters. The second kappa shape index (κ2) is 5.55. The van der Waals surface area contributed by atoms with Gasteiger partial charge in [0.05, 0.1) is 12.2 Å². The fourth-order valence-corrected chi connectivity index (χ4v) is 2.04. The van der Waals surface area contributed by atoms with Crippen LogP contribution in [0.25, 0.3) is 11.3 Å². The van der Waals surface area contributed by atoms with Crippen molar-refractivity contribution in [3.8, 4) is 11.3 Å². The van der Waals surface area contributed by atoms with Gasteiger partial charge < -0.3 is 5.73 Å². The quantitative estimate of drug-likeness (QED) is 0.920. The van der Waals surface area contributed by atoms with E-state index in [9.17, 15) is 0 Å². The van der Waals surface area contributed by atoms with Gasteiger partial charge in [0.25, 0.3) is 0 Å². The molecule has 2 N–H and O–H groups in total. The Hall–Kier alpha value is -1.32. The third-order valence-electron chi connectivity index (χ3n) is 3.13. The number of nitrogens with two attached hydrogens (primary N) is 1. The predicted octanol–water partition coefficient (Wildman–Crippen LogP) is 3.25. The Morgan fingerprint density at radius 2 is 2.17 bits per heavy atom. The van der Waals surface area contributed by atoms with Crippen LogP contribution in [0.2, 0.25) is 5.02 Å². The average molecular weight is 264 g/mol. The van der Waals surface area contributed by atoms with Gasteiger partial charge in [-0.15, -0.1) is 0 Å². The van der Waals surface area contributed by atoms with Crippen LogP contribution in [0.15, 0.2) is 30.5 Å². The van der Waals surface area contributed by atoms with E-state index in [-0.39, 0.29) is 6.04 Å². The minimum absolute atomic E-state index is 0.151. The van der Waals surface area contributed by atoms with E-state index in [1.54, 1.807) is 0 Å². The van der Waals surface area contributed by atoms with E-state index >= 15 is 0 Å². The highest BCUT2D eigenvalue weighted by Crippen LogP contribution is 2.26. The van der Waals surface area contributed by atoms with Crippen molar-refractivity contribution in [3.05, 3.63) is 41.0 Å². The third kappa shape index (κ3) is 2.74. The number of hydrogen-bond acceptors (Lipinski definition) is 2. The molecule has 0 aliphatic heterocycles. The fraction of sp³-hybridized carbons (Fsp3) is 0.357. The van der Waals surface area contributed by atoms with Gasteiger partial charge in [-0.25, -0.2) is 0 Å². The molecule has 1 aromatic heterocycles. The molecule has 2 aromatic rings. The summed E-state index contributed by atoms with van der Waals surface area (Å²) >= 11 is 6.12. The van der Waals surface area contributed by atoms with E-state index in [1.807, 2.05) is 42.1 Å². The molecule has 1 atom stereocenters. The number of aromatic nitrogens is 2. The van der Waals surface area contributed by atoms with Crippen molar-refractivity contribution in [3.63, 3.8) is 0 Å². The van der Waals surface area contributed by atoms with E-state index in [2.05, 4.69) is 12.0 Å². The predicted molar refractivity (Wildman–Crippen MR) is 75.7 cm³/mol. The molecule has 0 bridgehead atoms. The monoisotopic (exact) mass is 263 g/mol. The van der Waals surface area contributed by atoms with E-state index in [0.29, 0.717) is 0 Å². The van der Waals surface area contributed by atoms with Crippen molar-refractivity contribution in [1.82, 2.24) is 9.78 Å². The summed E-state index contributed by atoms with van der Waals surface area (Å²) < 4.78 is 1.89. The zero-order valence-electron chi connectivity index (χ0n) is 10.7. The number of benzene rings is 1.